The second-order valence-electron chi connectivity index (χ2n) is 5.00. The van der Waals surface area contributed by atoms with Crippen molar-refractivity contribution in [1.82, 2.24) is 4.72 Å². The number of aryl methyl sites for hydroxylation is 1. The van der Waals surface area contributed by atoms with Gasteiger partial charge in [0.1, 0.15) is 11.9 Å². The van der Waals surface area contributed by atoms with Gasteiger partial charge < -0.3 is 5.11 Å². The lowest BCUT2D eigenvalue weighted by atomic mass is 10.1. The summed E-state index contributed by atoms with van der Waals surface area (Å²) in [4.78, 5) is 11.0. The zero-order valence-electron chi connectivity index (χ0n) is 12.1. The summed E-state index contributed by atoms with van der Waals surface area (Å²) in [5.41, 5.74) is 0.709. The van der Waals surface area contributed by atoms with Crippen LogP contribution in [0, 0.1) is 12.7 Å². The summed E-state index contributed by atoms with van der Waals surface area (Å²) in [5, 5.41) is 9.02. The molecule has 0 heterocycles. The van der Waals surface area contributed by atoms with Crippen LogP contribution < -0.4 is 4.72 Å². The number of carboxylic acids is 1. The Morgan fingerprint density at radius 3 is 2.62 bits per heavy atom. The highest BCUT2D eigenvalue weighted by atomic mass is 32.2. The van der Waals surface area contributed by atoms with Crippen LogP contribution in [0.3, 0.4) is 0 Å². The van der Waals surface area contributed by atoms with E-state index in [-0.39, 0.29) is 12.0 Å². The van der Waals surface area contributed by atoms with E-state index in [2.05, 4.69) is 4.72 Å². The highest BCUT2D eigenvalue weighted by molar-refractivity contribution is 7.88. The Labute approximate surface area is 124 Å². The average molecular weight is 317 g/mol. The fraction of sp³-hybridized carbons (Fsp3) is 0.500. The largest absolute Gasteiger partial charge is 0.480 e. The van der Waals surface area contributed by atoms with E-state index in [1.54, 1.807) is 13.0 Å². The highest BCUT2D eigenvalue weighted by Gasteiger charge is 2.24. The van der Waals surface area contributed by atoms with Gasteiger partial charge in [-0.15, -0.1) is 0 Å². The molecule has 0 aliphatic rings. The van der Waals surface area contributed by atoms with Crippen molar-refractivity contribution in [2.45, 2.75) is 44.9 Å². The van der Waals surface area contributed by atoms with Gasteiger partial charge in [0, 0.05) is 5.56 Å². The van der Waals surface area contributed by atoms with E-state index in [0.717, 1.165) is 6.42 Å². The maximum Gasteiger partial charge on any atom is 0.321 e. The molecule has 21 heavy (non-hydrogen) atoms. The Morgan fingerprint density at radius 1 is 1.43 bits per heavy atom. The number of nitrogens with one attached hydrogen (secondary N) is 1. The van der Waals surface area contributed by atoms with Gasteiger partial charge in [-0.3, -0.25) is 4.79 Å². The summed E-state index contributed by atoms with van der Waals surface area (Å²) in [5.74, 6) is -2.41. The van der Waals surface area contributed by atoms with E-state index in [9.17, 15) is 17.6 Å². The summed E-state index contributed by atoms with van der Waals surface area (Å²) in [7, 11) is -3.92. The topological polar surface area (TPSA) is 83.5 Å². The molecule has 118 valence electrons. The van der Waals surface area contributed by atoms with Crippen molar-refractivity contribution >= 4 is 16.0 Å². The predicted octanol–water partition coefficient (Wildman–Crippen LogP) is 2.20. The number of rotatable bonds is 8. The summed E-state index contributed by atoms with van der Waals surface area (Å²) in [6.45, 7) is 3.58. The van der Waals surface area contributed by atoms with Crippen molar-refractivity contribution in [3.05, 3.63) is 35.1 Å². The minimum atomic E-state index is -3.92. The molecule has 1 atom stereocenters. The minimum Gasteiger partial charge on any atom is -0.480 e. The first-order valence-electron chi connectivity index (χ1n) is 6.73. The Kier molecular flexibility index (Phi) is 6.29. The van der Waals surface area contributed by atoms with Crippen LogP contribution in [-0.4, -0.2) is 25.5 Å². The molecule has 0 saturated carbocycles. The fourth-order valence-corrected chi connectivity index (χ4v) is 3.25. The molecule has 0 spiro atoms. The van der Waals surface area contributed by atoms with E-state index < -0.39 is 33.6 Å². The number of benzene rings is 1. The number of hydrogen-bond donors (Lipinski definition) is 2. The molecule has 0 bridgehead atoms. The molecule has 7 heteroatoms. The van der Waals surface area contributed by atoms with Crippen LogP contribution in [0.15, 0.2) is 18.2 Å². The van der Waals surface area contributed by atoms with Gasteiger partial charge in [0.2, 0.25) is 10.0 Å². The monoisotopic (exact) mass is 317 g/mol. The molecular weight excluding hydrogens is 297 g/mol. The first-order chi connectivity index (χ1) is 9.75. The molecule has 0 radical (unpaired) electrons. The van der Waals surface area contributed by atoms with Crippen molar-refractivity contribution in [1.29, 1.82) is 0 Å². The summed E-state index contributed by atoms with van der Waals surface area (Å²) >= 11 is 0. The quantitative estimate of drug-likeness (QED) is 0.770. The Hall–Kier alpha value is -1.47. The molecule has 5 nitrogen and oxygen atoms in total. The number of unbranched alkanes of at least 4 members (excludes halogenated alkanes) is 1. The van der Waals surface area contributed by atoms with Crippen LogP contribution in [-0.2, 0) is 20.6 Å². The van der Waals surface area contributed by atoms with Crippen LogP contribution >= 0.6 is 0 Å². The van der Waals surface area contributed by atoms with Crippen LogP contribution in [0.5, 0.6) is 0 Å². The van der Waals surface area contributed by atoms with Crippen molar-refractivity contribution in [3.63, 3.8) is 0 Å². The number of carbonyl (C=O) groups is 1. The first-order valence-corrected chi connectivity index (χ1v) is 8.38. The molecule has 1 rings (SSSR count). The van der Waals surface area contributed by atoms with E-state index in [4.69, 9.17) is 5.11 Å². The second kappa shape index (κ2) is 7.51. The number of sulfonamides is 1. The second-order valence-corrected chi connectivity index (χ2v) is 6.76. The Balaban J connectivity index is 2.82. The van der Waals surface area contributed by atoms with E-state index in [0.29, 0.717) is 12.0 Å². The number of hydrogen-bond acceptors (Lipinski definition) is 3. The van der Waals surface area contributed by atoms with Gasteiger partial charge in [0.25, 0.3) is 0 Å². The van der Waals surface area contributed by atoms with Gasteiger partial charge >= 0.3 is 5.97 Å². The Morgan fingerprint density at radius 2 is 2.10 bits per heavy atom. The first kappa shape index (κ1) is 17.6. The lowest BCUT2D eigenvalue weighted by molar-refractivity contribution is -0.139. The van der Waals surface area contributed by atoms with Crippen molar-refractivity contribution in [2.75, 3.05) is 0 Å². The smallest absolute Gasteiger partial charge is 0.321 e. The predicted molar refractivity (Wildman–Crippen MR) is 77.8 cm³/mol. The molecule has 0 aromatic heterocycles. The molecule has 0 fully saturated rings. The van der Waals surface area contributed by atoms with Gasteiger partial charge in [0.05, 0.1) is 5.75 Å². The van der Waals surface area contributed by atoms with E-state index in [1.165, 1.54) is 12.1 Å². The molecule has 0 aliphatic carbocycles. The van der Waals surface area contributed by atoms with Crippen molar-refractivity contribution in [3.8, 4) is 0 Å². The third-order valence-corrected chi connectivity index (χ3v) is 4.36. The molecule has 0 amide bonds. The lowest BCUT2D eigenvalue weighted by Crippen LogP contribution is -2.41. The van der Waals surface area contributed by atoms with Gasteiger partial charge in [-0.2, -0.15) is 0 Å². The maximum absolute atomic E-state index is 13.7. The van der Waals surface area contributed by atoms with E-state index in [1.807, 2.05) is 6.92 Å². The molecule has 0 saturated heterocycles. The summed E-state index contributed by atoms with van der Waals surface area (Å²) < 4.78 is 39.7. The third kappa shape index (κ3) is 5.81. The van der Waals surface area contributed by atoms with Crippen LogP contribution in [0.1, 0.15) is 37.3 Å². The van der Waals surface area contributed by atoms with Crippen molar-refractivity contribution in [2.24, 2.45) is 0 Å². The number of halogens is 1. The van der Waals surface area contributed by atoms with E-state index >= 15 is 0 Å². The van der Waals surface area contributed by atoms with Gasteiger partial charge in [0.15, 0.2) is 0 Å². The SMILES string of the molecule is CCCC[C@H](NS(=O)(=O)Cc1ccc(C)cc1F)C(=O)O. The molecule has 0 aliphatic heterocycles. The normalized spacial score (nSPS) is 13.1. The van der Waals surface area contributed by atoms with Crippen LogP contribution in [0.4, 0.5) is 4.39 Å². The number of carboxylic acid groups (broad SMARTS) is 1. The Bertz CT molecular complexity index is 601. The molecule has 2 N–H and O–H groups in total. The lowest BCUT2D eigenvalue weighted by Gasteiger charge is -2.14. The zero-order valence-corrected chi connectivity index (χ0v) is 12.9. The molecular formula is C14H20FNO4S. The minimum absolute atomic E-state index is 0.0210. The molecule has 1 aromatic carbocycles. The van der Waals surface area contributed by atoms with Crippen LogP contribution in [0.25, 0.3) is 0 Å². The molecule has 0 unspecified atom stereocenters. The summed E-state index contributed by atoms with van der Waals surface area (Å²) in [6, 6.07) is 3.07. The number of aliphatic carboxylic acids is 1. The maximum atomic E-state index is 13.7. The fourth-order valence-electron chi connectivity index (χ4n) is 1.87. The van der Waals surface area contributed by atoms with Gasteiger partial charge in [-0.25, -0.2) is 17.5 Å². The average Bonchev–Trinajstić information content (AvgIpc) is 2.37. The van der Waals surface area contributed by atoms with Gasteiger partial charge in [-0.05, 0) is 25.0 Å². The van der Waals surface area contributed by atoms with Crippen LogP contribution in [0.2, 0.25) is 0 Å². The highest BCUT2D eigenvalue weighted by Crippen LogP contribution is 2.13. The zero-order chi connectivity index (χ0) is 16.0. The van der Waals surface area contributed by atoms with Crippen molar-refractivity contribution < 1.29 is 22.7 Å². The molecule has 1 aromatic rings. The van der Waals surface area contributed by atoms with Gasteiger partial charge in [-0.1, -0.05) is 31.9 Å². The third-order valence-electron chi connectivity index (χ3n) is 3.02. The summed E-state index contributed by atoms with van der Waals surface area (Å²) in [6.07, 6.45) is 1.57. The standard InChI is InChI=1S/C14H20FNO4S/c1-3-4-5-13(14(17)18)16-21(19,20)9-11-7-6-10(2)8-12(11)15/h6-8,13,16H,3-5,9H2,1-2H3,(H,17,18)/t13-/m0/s1.